The first kappa shape index (κ1) is 74.6. The van der Waals surface area contributed by atoms with E-state index in [-0.39, 0.29) is 148 Å². The molecule has 0 spiro atoms. The summed E-state index contributed by atoms with van der Waals surface area (Å²) in [6, 6.07) is 9.74. The molecule has 2 aromatic heterocycles. The van der Waals surface area contributed by atoms with E-state index in [2.05, 4.69) is 4.18 Å². The van der Waals surface area contributed by atoms with Gasteiger partial charge in [0, 0.05) is 77.3 Å². The van der Waals surface area contributed by atoms with Crippen molar-refractivity contribution in [1.82, 2.24) is 0 Å². The SMILES string of the molecule is C.CC1(C)OCC(COS(C)(=O)=O)O1.COCOc1cc2c(cc1OCOC)C(=O)C(c1coc3cc(C)c(C)c(C(=O)OCC4COC(C)(C)O4)c3c1=O)=CC2.COCOc1cc2c(cc1OCOC)C(=O)C(c1coc3cc(C)c(C)c(C(=O)[O-])c3c1=O)=CC2.[W]. The molecule has 4 aromatic carbocycles. The third kappa shape index (κ3) is 17.5. The Morgan fingerprint density at radius 1 is 0.570 bits per heavy atom. The molecule has 0 bridgehead atoms. The summed E-state index contributed by atoms with van der Waals surface area (Å²) in [5, 5.41) is 11.8. The van der Waals surface area contributed by atoms with Gasteiger partial charge in [0.05, 0.1) is 59.5 Å². The Kier molecular flexibility index (Phi) is 25.4. The van der Waals surface area contributed by atoms with Crippen LogP contribution in [0.2, 0.25) is 0 Å². The Morgan fingerprint density at radius 3 is 1.31 bits per heavy atom. The summed E-state index contributed by atoms with van der Waals surface area (Å²) in [5.41, 5.74) is 3.68. The van der Waals surface area contributed by atoms with E-state index in [9.17, 15) is 42.3 Å². The predicted molar refractivity (Wildman–Crippen MR) is 331 cm³/mol. The number of hydrogen-bond acceptors (Lipinski definition) is 25. The van der Waals surface area contributed by atoms with Crippen molar-refractivity contribution in [3.8, 4) is 23.0 Å². The van der Waals surface area contributed by atoms with Crippen molar-refractivity contribution in [2.75, 3.05) is 88.3 Å². The van der Waals surface area contributed by atoms with Crippen LogP contribution in [0.4, 0.5) is 0 Å². The van der Waals surface area contributed by atoms with Crippen molar-refractivity contribution in [3.05, 3.63) is 148 Å². The third-order valence-electron chi connectivity index (χ3n) is 14.9. The zero-order chi connectivity index (χ0) is 66.3. The van der Waals surface area contributed by atoms with Crippen molar-refractivity contribution < 1.29 is 128 Å². The topological polar surface area (TPSA) is 315 Å². The maximum absolute atomic E-state index is 14.0. The predicted octanol–water partition coefficient (Wildman–Crippen LogP) is 7.81. The number of hydrogen-bond donors (Lipinski definition) is 0. The minimum absolute atomic E-state index is 0. The van der Waals surface area contributed by atoms with Crippen LogP contribution in [0.5, 0.6) is 23.0 Å². The summed E-state index contributed by atoms with van der Waals surface area (Å²) in [4.78, 5) is 80.0. The van der Waals surface area contributed by atoms with Gasteiger partial charge in [-0.15, -0.1) is 0 Å². The fraction of sp³-hybridized carbons (Fsp3) is 0.424. The number of fused-ring (bicyclic) bond motifs is 4. The molecule has 4 heterocycles. The molecular formula is C66H75O25SW-. The van der Waals surface area contributed by atoms with Crippen LogP contribution in [0.25, 0.3) is 33.1 Å². The molecule has 2 saturated heterocycles. The third-order valence-corrected chi connectivity index (χ3v) is 15.4. The fourth-order valence-electron chi connectivity index (χ4n) is 10.3. The van der Waals surface area contributed by atoms with Crippen molar-refractivity contribution in [3.63, 3.8) is 0 Å². The zero-order valence-corrected chi connectivity index (χ0v) is 56.8. The van der Waals surface area contributed by atoms with Crippen LogP contribution < -0.4 is 34.9 Å². The van der Waals surface area contributed by atoms with E-state index < -0.39 is 62.2 Å². The van der Waals surface area contributed by atoms with Gasteiger partial charge in [0.2, 0.25) is 10.9 Å². The number of ketones is 2. The number of rotatable bonds is 21. The Morgan fingerprint density at radius 2 is 0.946 bits per heavy atom. The number of carbonyl (C=O) groups excluding carboxylic acids is 4. The van der Waals surface area contributed by atoms with Crippen molar-refractivity contribution in [2.45, 2.75) is 99.4 Å². The van der Waals surface area contributed by atoms with Gasteiger partial charge in [0.1, 0.15) is 42.5 Å². The van der Waals surface area contributed by atoms with Crippen molar-refractivity contribution in [2.24, 2.45) is 0 Å². The molecule has 0 amide bonds. The van der Waals surface area contributed by atoms with Crippen molar-refractivity contribution in [1.29, 1.82) is 0 Å². The van der Waals surface area contributed by atoms with Crippen LogP contribution in [0.15, 0.2) is 79.5 Å². The molecule has 27 heteroatoms. The van der Waals surface area contributed by atoms with Gasteiger partial charge in [-0.05, 0) is 138 Å². The molecule has 2 aliphatic heterocycles. The van der Waals surface area contributed by atoms with Gasteiger partial charge in [0.25, 0.3) is 10.1 Å². The van der Waals surface area contributed by atoms with E-state index in [4.69, 9.17) is 70.4 Å². The zero-order valence-electron chi connectivity index (χ0n) is 53.0. The normalized spacial score (nSPS) is 16.8. The van der Waals surface area contributed by atoms with Crippen LogP contribution in [-0.2, 0) is 90.8 Å². The van der Waals surface area contributed by atoms with Crippen LogP contribution in [0, 0.1) is 27.7 Å². The molecule has 25 nitrogen and oxygen atoms in total. The second-order valence-corrected chi connectivity index (χ2v) is 23.9. The molecule has 6 aromatic rings. The molecule has 0 radical (unpaired) electrons. The first-order valence-electron chi connectivity index (χ1n) is 28.4. The molecule has 2 aliphatic carbocycles. The number of methoxy groups -OCH3 is 4. The summed E-state index contributed by atoms with van der Waals surface area (Å²) < 4.78 is 107. The maximum Gasteiger partial charge on any atom is 0.339 e. The molecule has 2 atom stereocenters. The number of carboxylic acids is 1. The minimum Gasteiger partial charge on any atom is -0.545 e. The molecule has 10 rings (SSSR count). The molecule has 4 aliphatic rings. The number of aryl methyl sites for hydroxylation is 2. The molecule has 2 fully saturated rings. The average molecular weight is 1480 g/mol. The Labute approximate surface area is 551 Å². The second-order valence-electron chi connectivity index (χ2n) is 22.3. The molecule has 502 valence electrons. The molecule has 2 unspecified atom stereocenters. The standard InChI is InChI=1S/C32H34O11.C26H24O9.C7H14O5S.CH4.W/c1-17-9-26-28(27(18(17)2)31(35)39-12-20-13-42-32(3,4)43-20)30(34)23(14-38-26)21-8-7-19-10-24(40-15-36-5)25(41-16-37-6)11-22(19)29(21)33;1-13-7-21-23(22(14(13)2)26(29)30)25(28)18(10-33-21)16-6-5-15-8-19(34-11-31-3)20(35-12-32-4)9-17(15)24(16)27;1-7(2)10-4-6(12-7)5-11-13(3,8)9;;/h8-11,14,20H,7,12-13,15-16H2,1-6H3;6-10H,5,11-12H2,1-4H3,(H,29,30);6H,4-5H2,1-3H3;1H4;/p-1. The Bertz CT molecular complexity index is 4100. The fourth-order valence-corrected chi connectivity index (χ4v) is 10.7. The summed E-state index contributed by atoms with van der Waals surface area (Å²) in [6.45, 7) is 14.4. The van der Waals surface area contributed by atoms with Gasteiger partial charge in [-0.1, -0.05) is 19.6 Å². The summed E-state index contributed by atoms with van der Waals surface area (Å²) >= 11 is 0. The number of carbonyl (C=O) groups is 4. The molecular weight excluding hydrogens is 1410 g/mol. The first-order valence-corrected chi connectivity index (χ1v) is 30.2. The Hall–Kier alpha value is -7.46. The monoisotopic (exact) mass is 1480 g/mol. The van der Waals surface area contributed by atoms with Gasteiger partial charge in [-0.25, -0.2) is 4.79 Å². The number of aromatic carboxylic acids is 1. The average Bonchev–Trinajstić information content (AvgIpc) is 1.21. The molecule has 0 saturated carbocycles. The molecule has 0 N–H and O–H groups in total. The summed E-state index contributed by atoms with van der Waals surface area (Å²) in [5.74, 6) is -3.10. The number of ether oxygens (including phenoxy) is 13. The van der Waals surface area contributed by atoms with E-state index in [0.29, 0.717) is 69.9 Å². The van der Waals surface area contributed by atoms with E-state index >= 15 is 0 Å². The van der Waals surface area contributed by atoms with Crippen LogP contribution in [0.3, 0.4) is 0 Å². The van der Waals surface area contributed by atoms with Gasteiger partial charge in [-0.3, -0.25) is 23.4 Å². The van der Waals surface area contributed by atoms with E-state index in [0.717, 1.165) is 11.8 Å². The van der Waals surface area contributed by atoms with Gasteiger partial charge in [0.15, 0.2) is 73.3 Å². The second kappa shape index (κ2) is 31.6. The van der Waals surface area contributed by atoms with Gasteiger partial charge >= 0.3 is 5.97 Å². The number of carboxylic acid groups (broad SMARTS) is 1. The van der Waals surface area contributed by atoms with E-state index in [1.165, 1.54) is 47.0 Å². The van der Waals surface area contributed by atoms with Crippen molar-refractivity contribution >= 4 is 66.7 Å². The van der Waals surface area contributed by atoms with Crippen LogP contribution in [-0.4, -0.2) is 144 Å². The maximum atomic E-state index is 14.0. The number of Topliss-reactive ketones (excluding diaryl/α,β-unsaturated/α-hetero) is 2. The first-order chi connectivity index (χ1) is 43.1. The van der Waals surface area contributed by atoms with E-state index in [1.807, 2.05) is 6.92 Å². The summed E-state index contributed by atoms with van der Waals surface area (Å²) in [6.07, 6.45) is 6.64. The molecule has 93 heavy (non-hydrogen) atoms. The number of allylic oxidation sites excluding steroid dienone is 4. The van der Waals surface area contributed by atoms with Crippen LogP contribution in [0.1, 0.15) is 121 Å². The van der Waals surface area contributed by atoms with Gasteiger partial charge in [-0.2, -0.15) is 8.42 Å². The Balaban J connectivity index is 0.000000246. The number of benzene rings is 4. The van der Waals surface area contributed by atoms with E-state index in [1.54, 1.807) is 91.0 Å². The number of esters is 1. The van der Waals surface area contributed by atoms with Crippen LogP contribution >= 0.6 is 0 Å². The summed E-state index contributed by atoms with van der Waals surface area (Å²) in [7, 11) is 2.53. The smallest absolute Gasteiger partial charge is 0.339 e. The largest absolute Gasteiger partial charge is 0.545 e. The quantitative estimate of drug-likeness (QED) is 0.0376. The minimum atomic E-state index is -3.38. The van der Waals surface area contributed by atoms with Gasteiger partial charge < -0.3 is 80.3 Å².